The van der Waals surface area contributed by atoms with Gasteiger partial charge in [-0.2, -0.15) is 13.2 Å². The first-order chi connectivity index (χ1) is 8.21. The van der Waals surface area contributed by atoms with Gasteiger partial charge in [0.2, 0.25) is 5.91 Å². The number of rotatable bonds is 3. The van der Waals surface area contributed by atoms with E-state index in [9.17, 15) is 18.0 Å². The molecule has 1 aliphatic carbocycles. The SMILES string of the molecule is CC(Br)CN(C)C(=O)C1CCCC(C(F)(F)F)C1. The van der Waals surface area contributed by atoms with Crippen LogP contribution in [0.5, 0.6) is 0 Å². The van der Waals surface area contributed by atoms with E-state index in [4.69, 9.17) is 0 Å². The molecule has 0 radical (unpaired) electrons. The molecule has 106 valence electrons. The normalized spacial score (nSPS) is 26.8. The number of hydrogen-bond donors (Lipinski definition) is 0. The van der Waals surface area contributed by atoms with Gasteiger partial charge < -0.3 is 4.90 Å². The summed E-state index contributed by atoms with van der Waals surface area (Å²) in [6.45, 7) is 2.43. The van der Waals surface area contributed by atoms with Crippen molar-refractivity contribution in [2.45, 2.75) is 43.6 Å². The standard InChI is InChI=1S/C12H19BrF3NO/c1-8(13)7-17(2)11(18)9-4-3-5-10(6-9)12(14,15)16/h8-10H,3-7H2,1-2H3. The van der Waals surface area contributed by atoms with Crippen LogP contribution in [-0.4, -0.2) is 35.4 Å². The average molecular weight is 330 g/mol. The zero-order valence-corrected chi connectivity index (χ0v) is 12.2. The molecule has 0 bridgehead atoms. The molecule has 2 nitrogen and oxygen atoms in total. The van der Waals surface area contributed by atoms with Gasteiger partial charge in [0.15, 0.2) is 0 Å². The van der Waals surface area contributed by atoms with Gasteiger partial charge in [0.05, 0.1) is 5.92 Å². The minimum absolute atomic E-state index is 0.0522. The molecular weight excluding hydrogens is 311 g/mol. The number of hydrogen-bond acceptors (Lipinski definition) is 1. The molecule has 6 heteroatoms. The maximum atomic E-state index is 12.7. The van der Waals surface area contributed by atoms with E-state index in [0.717, 1.165) is 0 Å². The van der Waals surface area contributed by atoms with E-state index in [1.807, 2.05) is 6.92 Å². The van der Waals surface area contributed by atoms with E-state index in [2.05, 4.69) is 15.9 Å². The molecule has 3 atom stereocenters. The Morgan fingerprint density at radius 2 is 2.06 bits per heavy atom. The third kappa shape index (κ3) is 4.44. The Kier molecular flexibility index (Phi) is 5.49. The van der Waals surface area contributed by atoms with Gasteiger partial charge in [-0.15, -0.1) is 0 Å². The van der Waals surface area contributed by atoms with Crippen molar-refractivity contribution in [1.29, 1.82) is 0 Å². The van der Waals surface area contributed by atoms with Crippen LogP contribution >= 0.6 is 15.9 Å². The van der Waals surface area contributed by atoms with Crippen LogP contribution in [0.3, 0.4) is 0 Å². The van der Waals surface area contributed by atoms with Crippen molar-refractivity contribution < 1.29 is 18.0 Å². The summed E-state index contributed by atoms with van der Waals surface area (Å²) in [5.41, 5.74) is 0. The summed E-state index contributed by atoms with van der Waals surface area (Å²) in [7, 11) is 1.65. The minimum atomic E-state index is -4.17. The second-order valence-corrected chi connectivity index (χ2v) is 6.66. The van der Waals surface area contributed by atoms with E-state index in [-0.39, 0.29) is 23.6 Å². The lowest BCUT2D eigenvalue weighted by Gasteiger charge is -2.32. The summed E-state index contributed by atoms with van der Waals surface area (Å²) >= 11 is 3.34. The number of alkyl halides is 4. The Bertz CT molecular complexity index is 294. The van der Waals surface area contributed by atoms with Crippen molar-refractivity contribution in [1.82, 2.24) is 4.90 Å². The summed E-state index contributed by atoms with van der Waals surface area (Å²) < 4.78 is 38.0. The van der Waals surface area contributed by atoms with Crippen LogP contribution < -0.4 is 0 Å². The smallest absolute Gasteiger partial charge is 0.344 e. The fourth-order valence-electron chi connectivity index (χ4n) is 2.49. The lowest BCUT2D eigenvalue weighted by Crippen LogP contribution is -2.40. The summed E-state index contributed by atoms with van der Waals surface area (Å²) in [5.74, 6) is -1.94. The summed E-state index contributed by atoms with van der Waals surface area (Å²) in [5, 5.41) is 0. The van der Waals surface area contributed by atoms with Gasteiger partial charge >= 0.3 is 6.18 Å². The molecule has 0 N–H and O–H groups in total. The maximum absolute atomic E-state index is 12.7. The zero-order chi connectivity index (χ0) is 13.9. The lowest BCUT2D eigenvalue weighted by molar-refractivity contribution is -0.187. The minimum Gasteiger partial charge on any atom is -0.344 e. The molecule has 0 spiro atoms. The molecule has 1 rings (SSSR count). The third-order valence-electron chi connectivity index (χ3n) is 3.39. The molecule has 1 aliphatic rings. The van der Waals surface area contributed by atoms with Gasteiger partial charge in [-0.05, 0) is 19.3 Å². The highest BCUT2D eigenvalue weighted by atomic mass is 79.9. The van der Waals surface area contributed by atoms with Crippen molar-refractivity contribution in [2.24, 2.45) is 11.8 Å². The van der Waals surface area contributed by atoms with E-state index >= 15 is 0 Å². The second kappa shape index (κ2) is 6.26. The number of nitrogens with zero attached hydrogens (tertiary/aromatic N) is 1. The Labute approximate surface area is 114 Å². The topological polar surface area (TPSA) is 20.3 Å². The Morgan fingerprint density at radius 1 is 1.44 bits per heavy atom. The van der Waals surface area contributed by atoms with Crippen LogP contribution in [0, 0.1) is 11.8 Å². The molecule has 0 aromatic rings. The highest BCUT2D eigenvalue weighted by molar-refractivity contribution is 9.09. The summed E-state index contributed by atoms with van der Waals surface area (Å²) in [6, 6.07) is 0. The van der Waals surface area contributed by atoms with Crippen molar-refractivity contribution in [2.75, 3.05) is 13.6 Å². The van der Waals surface area contributed by atoms with Crippen LogP contribution in [0.15, 0.2) is 0 Å². The molecule has 1 amide bonds. The van der Waals surface area contributed by atoms with Gasteiger partial charge in [0.1, 0.15) is 0 Å². The van der Waals surface area contributed by atoms with E-state index in [1.165, 1.54) is 4.90 Å². The summed E-state index contributed by atoms with van der Waals surface area (Å²) in [4.78, 5) is 13.7. The fourth-order valence-corrected chi connectivity index (χ4v) is 2.92. The van der Waals surface area contributed by atoms with E-state index < -0.39 is 18.0 Å². The molecule has 0 saturated heterocycles. The van der Waals surface area contributed by atoms with Gasteiger partial charge in [-0.3, -0.25) is 4.79 Å². The van der Waals surface area contributed by atoms with Gasteiger partial charge in [-0.1, -0.05) is 29.3 Å². The molecule has 18 heavy (non-hydrogen) atoms. The molecule has 0 aromatic heterocycles. The molecule has 3 unspecified atom stereocenters. The predicted molar refractivity (Wildman–Crippen MR) is 67.5 cm³/mol. The van der Waals surface area contributed by atoms with Crippen LogP contribution in [0.2, 0.25) is 0 Å². The van der Waals surface area contributed by atoms with Crippen LogP contribution in [0.1, 0.15) is 32.6 Å². The van der Waals surface area contributed by atoms with Gasteiger partial charge in [0.25, 0.3) is 0 Å². The molecule has 0 aromatic carbocycles. The largest absolute Gasteiger partial charge is 0.391 e. The predicted octanol–water partition coefficient (Wildman–Crippen LogP) is 3.60. The molecule has 0 heterocycles. The lowest BCUT2D eigenvalue weighted by atomic mass is 9.80. The number of carbonyl (C=O) groups is 1. The Morgan fingerprint density at radius 3 is 2.56 bits per heavy atom. The molecular formula is C12H19BrF3NO. The number of amides is 1. The highest BCUT2D eigenvalue weighted by Crippen LogP contribution is 2.40. The number of carbonyl (C=O) groups excluding carboxylic acids is 1. The number of halogens is 4. The van der Waals surface area contributed by atoms with E-state index in [0.29, 0.717) is 19.4 Å². The van der Waals surface area contributed by atoms with Gasteiger partial charge in [-0.25, -0.2) is 0 Å². The zero-order valence-electron chi connectivity index (χ0n) is 10.6. The third-order valence-corrected chi connectivity index (χ3v) is 3.68. The Balaban J connectivity index is 2.58. The monoisotopic (exact) mass is 329 g/mol. The first-order valence-corrected chi connectivity index (χ1v) is 7.09. The quantitative estimate of drug-likeness (QED) is 0.724. The van der Waals surface area contributed by atoms with Crippen LogP contribution in [-0.2, 0) is 4.79 Å². The van der Waals surface area contributed by atoms with E-state index in [1.54, 1.807) is 7.05 Å². The molecule has 1 fully saturated rings. The average Bonchev–Trinajstić information content (AvgIpc) is 2.26. The van der Waals surface area contributed by atoms with Crippen LogP contribution in [0.4, 0.5) is 13.2 Å². The fraction of sp³-hybridized carbons (Fsp3) is 0.917. The van der Waals surface area contributed by atoms with Crippen LogP contribution in [0.25, 0.3) is 0 Å². The van der Waals surface area contributed by atoms with Gasteiger partial charge in [0, 0.05) is 24.3 Å². The second-order valence-electron chi connectivity index (χ2n) is 5.10. The highest BCUT2D eigenvalue weighted by Gasteiger charge is 2.43. The maximum Gasteiger partial charge on any atom is 0.391 e. The van der Waals surface area contributed by atoms with Crippen molar-refractivity contribution in [3.8, 4) is 0 Å². The molecule has 1 saturated carbocycles. The van der Waals surface area contributed by atoms with Crippen molar-refractivity contribution in [3.63, 3.8) is 0 Å². The Hall–Kier alpha value is -0.260. The summed E-state index contributed by atoms with van der Waals surface area (Å²) in [6.07, 6.45) is -3.00. The van der Waals surface area contributed by atoms with Crippen molar-refractivity contribution in [3.05, 3.63) is 0 Å². The molecule has 0 aliphatic heterocycles. The van der Waals surface area contributed by atoms with Crippen molar-refractivity contribution >= 4 is 21.8 Å². The first kappa shape index (κ1) is 15.8. The first-order valence-electron chi connectivity index (χ1n) is 6.17.